The first-order chi connectivity index (χ1) is 7.81. The summed E-state index contributed by atoms with van der Waals surface area (Å²) in [6.07, 6.45) is 5.90. The number of pyridine rings is 1. The SMILES string of the molecule is CNC(Cc1cnccc1N)c1cn[nH]n1. The van der Waals surface area contributed by atoms with Gasteiger partial charge in [-0.2, -0.15) is 15.4 Å². The number of nitrogen functional groups attached to an aromatic ring is 1. The molecular formula is C10H14N6. The Kier molecular flexibility index (Phi) is 3.11. The van der Waals surface area contributed by atoms with Crippen molar-refractivity contribution in [2.24, 2.45) is 0 Å². The van der Waals surface area contributed by atoms with Crippen LogP contribution in [-0.2, 0) is 6.42 Å². The molecule has 2 rings (SSSR count). The van der Waals surface area contributed by atoms with Crippen molar-refractivity contribution in [1.82, 2.24) is 25.7 Å². The summed E-state index contributed by atoms with van der Waals surface area (Å²) in [4.78, 5) is 4.06. The number of nitrogens with one attached hydrogen (secondary N) is 2. The summed E-state index contributed by atoms with van der Waals surface area (Å²) >= 11 is 0. The highest BCUT2D eigenvalue weighted by Gasteiger charge is 2.14. The Balaban J connectivity index is 2.17. The maximum Gasteiger partial charge on any atom is 0.0997 e. The van der Waals surface area contributed by atoms with Gasteiger partial charge in [-0.15, -0.1) is 0 Å². The fourth-order valence-corrected chi connectivity index (χ4v) is 1.56. The molecule has 0 aliphatic rings. The van der Waals surface area contributed by atoms with Gasteiger partial charge in [-0.3, -0.25) is 4.98 Å². The van der Waals surface area contributed by atoms with E-state index in [2.05, 4.69) is 25.7 Å². The van der Waals surface area contributed by atoms with E-state index >= 15 is 0 Å². The molecule has 0 radical (unpaired) electrons. The predicted molar refractivity (Wildman–Crippen MR) is 60.5 cm³/mol. The van der Waals surface area contributed by atoms with Crippen molar-refractivity contribution < 1.29 is 0 Å². The topological polar surface area (TPSA) is 92.5 Å². The lowest BCUT2D eigenvalue weighted by Crippen LogP contribution is -2.20. The van der Waals surface area contributed by atoms with Crippen LogP contribution in [0, 0.1) is 0 Å². The Hall–Kier alpha value is -1.95. The minimum Gasteiger partial charge on any atom is -0.398 e. The average molecular weight is 218 g/mol. The Morgan fingerprint density at radius 1 is 1.50 bits per heavy atom. The summed E-state index contributed by atoms with van der Waals surface area (Å²) in [5, 5.41) is 13.6. The molecule has 2 heterocycles. The second kappa shape index (κ2) is 4.71. The Bertz CT molecular complexity index is 438. The van der Waals surface area contributed by atoms with Crippen LogP contribution in [0.4, 0.5) is 5.69 Å². The lowest BCUT2D eigenvalue weighted by Gasteiger charge is -2.13. The number of H-pyrrole nitrogens is 1. The number of nitrogens with zero attached hydrogens (tertiary/aromatic N) is 3. The van der Waals surface area contributed by atoms with Gasteiger partial charge < -0.3 is 11.1 Å². The molecule has 6 nitrogen and oxygen atoms in total. The molecule has 84 valence electrons. The third kappa shape index (κ3) is 2.17. The first kappa shape index (κ1) is 10.6. The van der Waals surface area contributed by atoms with Crippen molar-refractivity contribution >= 4 is 5.69 Å². The number of likely N-dealkylation sites (N-methyl/N-ethyl adjacent to an activating group) is 1. The van der Waals surface area contributed by atoms with Gasteiger partial charge in [-0.05, 0) is 25.1 Å². The van der Waals surface area contributed by atoms with E-state index in [-0.39, 0.29) is 6.04 Å². The van der Waals surface area contributed by atoms with E-state index in [1.807, 2.05) is 7.05 Å². The van der Waals surface area contributed by atoms with E-state index in [4.69, 9.17) is 5.73 Å². The molecule has 0 aromatic carbocycles. The molecule has 0 aliphatic carbocycles. The number of anilines is 1. The van der Waals surface area contributed by atoms with Gasteiger partial charge in [0, 0.05) is 18.1 Å². The first-order valence-corrected chi connectivity index (χ1v) is 5.02. The number of hydrogen-bond donors (Lipinski definition) is 3. The van der Waals surface area contributed by atoms with Gasteiger partial charge in [0.15, 0.2) is 0 Å². The van der Waals surface area contributed by atoms with E-state index in [9.17, 15) is 0 Å². The molecule has 4 N–H and O–H groups in total. The fourth-order valence-electron chi connectivity index (χ4n) is 1.56. The normalized spacial score (nSPS) is 12.6. The van der Waals surface area contributed by atoms with Gasteiger partial charge in [0.2, 0.25) is 0 Å². The van der Waals surface area contributed by atoms with Crippen molar-refractivity contribution in [3.05, 3.63) is 35.9 Å². The Morgan fingerprint density at radius 3 is 3.00 bits per heavy atom. The summed E-state index contributed by atoms with van der Waals surface area (Å²) in [6.45, 7) is 0. The van der Waals surface area contributed by atoms with Crippen LogP contribution in [0.2, 0.25) is 0 Å². The second-order valence-corrected chi connectivity index (χ2v) is 3.51. The molecule has 6 heteroatoms. The zero-order valence-corrected chi connectivity index (χ0v) is 9.01. The van der Waals surface area contributed by atoms with Crippen LogP contribution < -0.4 is 11.1 Å². The van der Waals surface area contributed by atoms with Gasteiger partial charge in [0.1, 0.15) is 0 Å². The zero-order chi connectivity index (χ0) is 11.4. The number of nitrogens with two attached hydrogens (primary N) is 1. The molecular weight excluding hydrogens is 204 g/mol. The van der Waals surface area contributed by atoms with E-state index in [0.29, 0.717) is 0 Å². The lowest BCUT2D eigenvalue weighted by molar-refractivity contribution is 0.574. The summed E-state index contributed by atoms with van der Waals surface area (Å²) in [5.41, 5.74) is 8.49. The second-order valence-electron chi connectivity index (χ2n) is 3.51. The van der Waals surface area contributed by atoms with Gasteiger partial charge in [0.25, 0.3) is 0 Å². The molecule has 0 amide bonds. The largest absolute Gasteiger partial charge is 0.398 e. The standard InChI is InChI=1S/C10H14N6/c1-12-9(10-6-14-16-15-10)4-7-5-13-3-2-8(7)11/h2-3,5-6,9,12H,4H2,1H3,(H2,11,13)(H,14,15,16). The molecule has 2 aromatic rings. The molecule has 0 aliphatic heterocycles. The highest BCUT2D eigenvalue weighted by atomic mass is 15.3. The van der Waals surface area contributed by atoms with Crippen LogP contribution in [0.25, 0.3) is 0 Å². The number of aromatic amines is 1. The molecule has 0 spiro atoms. The van der Waals surface area contributed by atoms with Crippen LogP contribution >= 0.6 is 0 Å². The molecule has 16 heavy (non-hydrogen) atoms. The first-order valence-electron chi connectivity index (χ1n) is 5.02. The molecule has 2 aromatic heterocycles. The van der Waals surface area contributed by atoms with Gasteiger partial charge in [0.05, 0.1) is 17.9 Å². The molecule has 1 atom stereocenters. The lowest BCUT2D eigenvalue weighted by atomic mass is 10.0. The molecule has 0 saturated carbocycles. The summed E-state index contributed by atoms with van der Waals surface area (Å²) in [6, 6.07) is 1.88. The van der Waals surface area contributed by atoms with Gasteiger partial charge in [-0.25, -0.2) is 0 Å². The van der Waals surface area contributed by atoms with E-state index < -0.39 is 0 Å². The predicted octanol–water partition coefficient (Wildman–Crippen LogP) is 0.285. The van der Waals surface area contributed by atoms with Crippen molar-refractivity contribution in [2.75, 3.05) is 12.8 Å². The highest BCUT2D eigenvalue weighted by molar-refractivity contribution is 5.44. The molecule has 0 saturated heterocycles. The van der Waals surface area contributed by atoms with Crippen molar-refractivity contribution in [2.45, 2.75) is 12.5 Å². The summed E-state index contributed by atoms with van der Waals surface area (Å²) < 4.78 is 0. The van der Waals surface area contributed by atoms with Crippen molar-refractivity contribution in [3.63, 3.8) is 0 Å². The van der Waals surface area contributed by atoms with Crippen molar-refractivity contribution in [3.8, 4) is 0 Å². The molecule has 1 unspecified atom stereocenters. The Labute approximate surface area is 93.3 Å². The van der Waals surface area contributed by atoms with Gasteiger partial charge in [-0.1, -0.05) is 0 Å². The summed E-state index contributed by atoms with van der Waals surface area (Å²) in [5.74, 6) is 0. The third-order valence-electron chi connectivity index (χ3n) is 2.50. The molecule has 0 bridgehead atoms. The maximum atomic E-state index is 5.87. The molecule has 0 fully saturated rings. The minimum absolute atomic E-state index is 0.0882. The summed E-state index contributed by atoms with van der Waals surface area (Å²) in [7, 11) is 1.88. The minimum atomic E-state index is 0.0882. The quantitative estimate of drug-likeness (QED) is 0.685. The van der Waals surface area contributed by atoms with Crippen molar-refractivity contribution in [1.29, 1.82) is 0 Å². The highest BCUT2D eigenvalue weighted by Crippen LogP contribution is 2.18. The van der Waals surface area contributed by atoms with Gasteiger partial charge >= 0.3 is 0 Å². The number of hydrogen-bond acceptors (Lipinski definition) is 5. The third-order valence-corrected chi connectivity index (χ3v) is 2.50. The Morgan fingerprint density at radius 2 is 2.38 bits per heavy atom. The average Bonchev–Trinajstić information content (AvgIpc) is 2.81. The number of rotatable bonds is 4. The maximum absolute atomic E-state index is 5.87. The van der Waals surface area contributed by atoms with E-state index in [1.54, 1.807) is 24.7 Å². The monoisotopic (exact) mass is 218 g/mol. The smallest absolute Gasteiger partial charge is 0.0997 e. The zero-order valence-electron chi connectivity index (χ0n) is 9.01. The van der Waals surface area contributed by atoms with Crippen LogP contribution in [0.1, 0.15) is 17.3 Å². The van der Waals surface area contributed by atoms with Crippen LogP contribution in [0.15, 0.2) is 24.7 Å². The van der Waals surface area contributed by atoms with Crippen LogP contribution in [0.5, 0.6) is 0 Å². The van der Waals surface area contributed by atoms with E-state index in [0.717, 1.165) is 23.4 Å². The number of aromatic nitrogens is 4. The van der Waals surface area contributed by atoms with Crippen LogP contribution in [0.3, 0.4) is 0 Å². The fraction of sp³-hybridized carbons (Fsp3) is 0.300. The van der Waals surface area contributed by atoms with E-state index in [1.165, 1.54) is 0 Å². The van der Waals surface area contributed by atoms with Crippen LogP contribution in [-0.4, -0.2) is 27.4 Å².